The number of alkyl halides is 1. The minimum Gasteiger partial charge on any atom is -0.303 e. The molecular weight excluding hydrogens is 190 g/mol. The smallest absolute Gasteiger partial charge is 0.0231 e. The van der Waals surface area contributed by atoms with Crippen molar-refractivity contribution in [2.45, 2.75) is 20.3 Å². The van der Waals surface area contributed by atoms with Crippen LogP contribution < -0.4 is 0 Å². The molecule has 1 nitrogen and oxygen atoms in total. The van der Waals surface area contributed by atoms with E-state index < -0.39 is 0 Å². The predicted molar refractivity (Wildman–Crippen MR) is 60.5 cm³/mol. The average molecular weight is 210 g/mol. The lowest BCUT2D eigenvalue weighted by Crippen LogP contribution is -2.25. The zero-order valence-corrected chi connectivity index (χ0v) is 9.76. The summed E-state index contributed by atoms with van der Waals surface area (Å²) in [6.07, 6.45) is 1.14. The van der Waals surface area contributed by atoms with Crippen LogP contribution in [0.1, 0.15) is 20.3 Å². The van der Waals surface area contributed by atoms with Gasteiger partial charge in [0, 0.05) is 18.2 Å². The molecule has 0 aromatic carbocycles. The average Bonchev–Trinajstić information content (AvgIpc) is 2.11. The number of rotatable bonds is 8. The fourth-order valence-electron chi connectivity index (χ4n) is 0.992. The Morgan fingerprint density at radius 3 is 2.33 bits per heavy atom. The van der Waals surface area contributed by atoms with Gasteiger partial charge in [-0.3, -0.25) is 0 Å². The molecule has 0 aliphatic rings. The SMILES string of the molecule is CCN(CC)CCSCCCCl. The second-order valence-electron chi connectivity index (χ2n) is 2.68. The van der Waals surface area contributed by atoms with E-state index in [1.807, 2.05) is 11.8 Å². The third-order valence-electron chi connectivity index (χ3n) is 1.87. The largest absolute Gasteiger partial charge is 0.303 e. The standard InChI is InChI=1S/C9H20ClNS/c1-3-11(4-2)7-9-12-8-5-6-10/h3-9H2,1-2H3. The van der Waals surface area contributed by atoms with Gasteiger partial charge in [0.25, 0.3) is 0 Å². The van der Waals surface area contributed by atoms with Crippen LogP contribution in [0.5, 0.6) is 0 Å². The van der Waals surface area contributed by atoms with Gasteiger partial charge >= 0.3 is 0 Å². The van der Waals surface area contributed by atoms with Crippen LogP contribution in [-0.2, 0) is 0 Å². The molecule has 74 valence electrons. The highest BCUT2D eigenvalue weighted by Crippen LogP contribution is 2.03. The predicted octanol–water partition coefficient (Wildman–Crippen LogP) is 2.69. The molecule has 0 aromatic heterocycles. The van der Waals surface area contributed by atoms with Gasteiger partial charge in [0.15, 0.2) is 0 Å². The van der Waals surface area contributed by atoms with Crippen LogP contribution in [0.4, 0.5) is 0 Å². The first-order valence-corrected chi connectivity index (χ1v) is 6.40. The topological polar surface area (TPSA) is 3.24 Å². The van der Waals surface area contributed by atoms with Crippen LogP contribution in [0.25, 0.3) is 0 Å². The lowest BCUT2D eigenvalue weighted by molar-refractivity contribution is 0.324. The number of thioether (sulfide) groups is 1. The Morgan fingerprint density at radius 1 is 1.17 bits per heavy atom. The quantitative estimate of drug-likeness (QED) is 0.447. The first kappa shape index (κ1) is 12.6. The summed E-state index contributed by atoms with van der Waals surface area (Å²) in [7, 11) is 0. The molecule has 0 aliphatic carbocycles. The molecule has 0 unspecified atom stereocenters. The molecule has 0 fully saturated rings. The normalized spacial score (nSPS) is 11.0. The Hall–Kier alpha value is 0.600. The minimum atomic E-state index is 0.804. The zero-order valence-electron chi connectivity index (χ0n) is 8.18. The van der Waals surface area contributed by atoms with Crippen molar-refractivity contribution in [2.75, 3.05) is 37.0 Å². The zero-order chi connectivity index (χ0) is 9.23. The van der Waals surface area contributed by atoms with Gasteiger partial charge < -0.3 is 4.90 Å². The molecule has 0 saturated carbocycles. The summed E-state index contributed by atoms with van der Waals surface area (Å²) in [6, 6.07) is 0. The van der Waals surface area contributed by atoms with E-state index in [9.17, 15) is 0 Å². The number of hydrogen-bond acceptors (Lipinski definition) is 2. The van der Waals surface area contributed by atoms with E-state index in [0.29, 0.717) is 0 Å². The van der Waals surface area contributed by atoms with E-state index in [1.165, 1.54) is 31.1 Å². The molecule has 0 N–H and O–H groups in total. The van der Waals surface area contributed by atoms with Crippen molar-refractivity contribution >= 4 is 23.4 Å². The maximum Gasteiger partial charge on any atom is 0.0231 e. The molecule has 0 atom stereocenters. The Labute approximate surface area is 85.8 Å². The molecule has 0 radical (unpaired) electrons. The van der Waals surface area contributed by atoms with E-state index in [4.69, 9.17) is 11.6 Å². The summed E-state index contributed by atoms with van der Waals surface area (Å²) in [6.45, 7) is 8.00. The molecule has 3 heteroatoms. The van der Waals surface area contributed by atoms with E-state index in [2.05, 4.69) is 18.7 Å². The molecule has 0 rings (SSSR count). The third kappa shape index (κ3) is 7.26. The fraction of sp³-hybridized carbons (Fsp3) is 1.00. The molecule has 0 aromatic rings. The lowest BCUT2D eigenvalue weighted by atomic mass is 10.5. The molecule has 0 bridgehead atoms. The number of nitrogens with zero attached hydrogens (tertiary/aromatic N) is 1. The highest BCUT2D eigenvalue weighted by molar-refractivity contribution is 7.99. The monoisotopic (exact) mass is 209 g/mol. The van der Waals surface area contributed by atoms with E-state index in [0.717, 1.165) is 12.3 Å². The van der Waals surface area contributed by atoms with Crippen LogP contribution in [0.2, 0.25) is 0 Å². The van der Waals surface area contributed by atoms with Crippen molar-refractivity contribution in [1.82, 2.24) is 4.90 Å². The number of halogens is 1. The molecular formula is C9H20ClNS. The van der Waals surface area contributed by atoms with Crippen molar-refractivity contribution in [3.8, 4) is 0 Å². The summed E-state index contributed by atoms with van der Waals surface area (Å²) in [5, 5.41) is 0. The first-order valence-electron chi connectivity index (χ1n) is 4.71. The van der Waals surface area contributed by atoms with Gasteiger partial charge in [-0.15, -0.1) is 11.6 Å². The molecule has 0 amide bonds. The van der Waals surface area contributed by atoms with E-state index >= 15 is 0 Å². The molecule has 12 heavy (non-hydrogen) atoms. The summed E-state index contributed by atoms with van der Waals surface area (Å²) in [5.41, 5.74) is 0. The van der Waals surface area contributed by atoms with Crippen LogP contribution in [0.3, 0.4) is 0 Å². The summed E-state index contributed by atoms with van der Waals surface area (Å²) in [4.78, 5) is 2.45. The van der Waals surface area contributed by atoms with Crippen LogP contribution in [0.15, 0.2) is 0 Å². The minimum absolute atomic E-state index is 0.804. The Balaban J connectivity index is 3.06. The van der Waals surface area contributed by atoms with Gasteiger partial charge in [-0.2, -0.15) is 11.8 Å². The van der Waals surface area contributed by atoms with E-state index in [1.54, 1.807) is 0 Å². The van der Waals surface area contributed by atoms with Crippen LogP contribution >= 0.6 is 23.4 Å². The van der Waals surface area contributed by atoms with Gasteiger partial charge in [-0.25, -0.2) is 0 Å². The second-order valence-corrected chi connectivity index (χ2v) is 4.28. The third-order valence-corrected chi connectivity index (χ3v) is 3.18. The maximum atomic E-state index is 5.57. The molecule has 0 aliphatic heterocycles. The summed E-state index contributed by atoms with van der Waals surface area (Å²) in [5.74, 6) is 3.27. The molecule has 0 heterocycles. The highest BCUT2D eigenvalue weighted by atomic mass is 35.5. The van der Waals surface area contributed by atoms with Crippen molar-refractivity contribution in [3.63, 3.8) is 0 Å². The van der Waals surface area contributed by atoms with Gasteiger partial charge in [-0.05, 0) is 25.3 Å². The first-order chi connectivity index (χ1) is 5.85. The van der Waals surface area contributed by atoms with Gasteiger partial charge in [0.05, 0.1) is 0 Å². The van der Waals surface area contributed by atoms with Crippen LogP contribution in [-0.4, -0.2) is 41.9 Å². The van der Waals surface area contributed by atoms with Crippen LogP contribution in [0, 0.1) is 0 Å². The van der Waals surface area contributed by atoms with Crippen molar-refractivity contribution in [1.29, 1.82) is 0 Å². The molecule has 0 spiro atoms. The van der Waals surface area contributed by atoms with Gasteiger partial charge in [0.2, 0.25) is 0 Å². The van der Waals surface area contributed by atoms with Gasteiger partial charge in [0.1, 0.15) is 0 Å². The number of hydrogen-bond donors (Lipinski definition) is 0. The highest BCUT2D eigenvalue weighted by Gasteiger charge is 1.97. The van der Waals surface area contributed by atoms with Crippen molar-refractivity contribution < 1.29 is 0 Å². The summed E-state index contributed by atoms with van der Waals surface area (Å²) < 4.78 is 0. The Bertz CT molecular complexity index is 86.6. The Kier molecular flexibility index (Phi) is 10.2. The maximum absolute atomic E-state index is 5.57. The molecule has 0 saturated heterocycles. The fourth-order valence-corrected chi connectivity index (χ4v) is 2.22. The van der Waals surface area contributed by atoms with E-state index in [-0.39, 0.29) is 0 Å². The summed E-state index contributed by atoms with van der Waals surface area (Å²) >= 11 is 7.58. The second kappa shape index (κ2) is 9.69. The van der Waals surface area contributed by atoms with Crippen molar-refractivity contribution in [2.24, 2.45) is 0 Å². The van der Waals surface area contributed by atoms with Gasteiger partial charge in [-0.1, -0.05) is 13.8 Å². The van der Waals surface area contributed by atoms with Crippen molar-refractivity contribution in [3.05, 3.63) is 0 Å². The lowest BCUT2D eigenvalue weighted by Gasteiger charge is -2.17. The Morgan fingerprint density at radius 2 is 1.83 bits per heavy atom.